The van der Waals surface area contributed by atoms with Crippen LogP contribution in [0.1, 0.15) is 80.1 Å². The highest BCUT2D eigenvalue weighted by atomic mass is 16.6. The molecule has 1 amide bonds. The third kappa shape index (κ3) is 8.59. The van der Waals surface area contributed by atoms with E-state index in [0.29, 0.717) is 24.5 Å². The molecule has 0 saturated heterocycles. The molecule has 0 aliphatic heterocycles. The van der Waals surface area contributed by atoms with Crippen LogP contribution in [0.5, 0.6) is 0 Å². The fourth-order valence-electron chi connectivity index (χ4n) is 3.43. The Balaban J connectivity index is 2.47. The number of alkyl carbamates (subject to hydrolysis) is 1. The summed E-state index contributed by atoms with van der Waals surface area (Å²) in [5.41, 5.74) is -0.440. The first kappa shape index (κ1) is 20.3. The van der Waals surface area contributed by atoms with Crippen molar-refractivity contribution in [3.05, 3.63) is 0 Å². The Morgan fingerprint density at radius 2 is 1.96 bits per heavy atom. The van der Waals surface area contributed by atoms with Crippen molar-refractivity contribution in [1.82, 2.24) is 10.6 Å². The summed E-state index contributed by atoms with van der Waals surface area (Å²) in [6.45, 7) is 13.2. The van der Waals surface area contributed by atoms with E-state index in [1.807, 2.05) is 20.8 Å². The van der Waals surface area contributed by atoms with Crippen LogP contribution in [0.25, 0.3) is 0 Å². The van der Waals surface area contributed by atoms with E-state index in [1.54, 1.807) is 0 Å². The van der Waals surface area contributed by atoms with Crippen molar-refractivity contribution >= 4 is 6.09 Å². The van der Waals surface area contributed by atoms with Crippen LogP contribution in [-0.2, 0) is 4.74 Å². The molecule has 4 unspecified atom stereocenters. The highest BCUT2D eigenvalue weighted by molar-refractivity contribution is 5.67. The Kier molecular flexibility index (Phi) is 8.38. The molecule has 4 nitrogen and oxygen atoms in total. The molecule has 1 saturated carbocycles. The summed E-state index contributed by atoms with van der Waals surface area (Å²) < 4.78 is 5.34. The summed E-state index contributed by atoms with van der Waals surface area (Å²) in [6.07, 6.45) is 7.01. The number of unbranched alkanes of at least 4 members (excludes halogenated alkanes) is 1. The number of hydrogen-bond donors (Lipinski definition) is 2. The molecule has 2 N–H and O–H groups in total. The Morgan fingerprint density at radius 1 is 1.26 bits per heavy atom. The van der Waals surface area contributed by atoms with Gasteiger partial charge in [0.25, 0.3) is 0 Å². The number of nitrogens with one attached hydrogen (secondary N) is 2. The van der Waals surface area contributed by atoms with Crippen LogP contribution >= 0.6 is 0 Å². The summed E-state index contributed by atoms with van der Waals surface area (Å²) in [7, 11) is 0. The van der Waals surface area contributed by atoms with Crippen molar-refractivity contribution < 1.29 is 9.53 Å². The number of carbonyl (C=O) groups excluding carboxylic acids is 1. The van der Waals surface area contributed by atoms with E-state index in [-0.39, 0.29) is 6.09 Å². The second kappa shape index (κ2) is 9.51. The lowest BCUT2D eigenvalue weighted by Crippen LogP contribution is -2.49. The van der Waals surface area contributed by atoms with Gasteiger partial charge in [0.1, 0.15) is 5.60 Å². The fraction of sp³-hybridized carbons (Fsp3) is 0.947. The van der Waals surface area contributed by atoms with E-state index >= 15 is 0 Å². The zero-order valence-corrected chi connectivity index (χ0v) is 16.1. The van der Waals surface area contributed by atoms with Crippen molar-refractivity contribution in [2.24, 2.45) is 11.8 Å². The Morgan fingerprint density at radius 3 is 2.52 bits per heavy atom. The number of rotatable bonds is 7. The Labute approximate surface area is 143 Å². The van der Waals surface area contributed by atoms with Crippen molar-refractivity contribution in [1.29, 1.82) is 0 Å². The van der Waals surface area contributed by atoms with E-state index in [9.17, 15) is 4.79 Å². The van der Waals surface area contributed by atoms with Gasteiger partial charge in [-0.05, 0) is 58.3 Å². The molecular formula is C19H38N2O2. The van der Waals surface area contributed by atoms with Crippen molar-refractivity contribution in [3.63, 3.8) is 0 Å². The quantitative estimate of drug-likeness (QED) is 0.725. The fourth-order valence-corrected chi connectivity index (χ4v) is 3.43. The first-order chi connectivity index (χ1) is 10.7. The maximum atomic E-state index is 11.9. The molecule has 1 aliphatic rings. The molecule has 0 heterocycles. The second-order valence-corrected chi connectivity index (χ2v) is 8.39. The van der Waals surface area contributed by atoms with Crippen molar-refractivity contribution in [2.75, 3.05) is 6.54 Å². The van der Waals surface area contributed by atoms with Gasteiger partial charge in [-0.2, -0.15) is 0 Å². The zero-order chi connectivity index (χ0) is 17.5. The van der Waals surface area contributed by atoms with Crippen LogP contribution in [0.2, 0.25) is 0 Å². The van der Waals surface area contributed by atoms with Crippen LogP contribution in [0.3, 0.4) is 0 Å². The van der Waals surface area contributed by atoms with Gasteiger partial charge in [-0.25, -0.2) is 4.79 Å². The normalized spacial score (nSPS) is 26.6. The van der Waals surface area contributed by atoms with Gasteiger partial charge < -0.3 is 15.4 Å². The molecule has 1 fully saturated rings. The zero-order valence-electron chi connectivity index (χ0n) is 16.1. The molecule has 0 bridgehead atoms. The van der Waals surface area contributed by atoms with Gasteiger partial charge in [0.2, 0.25) is 0 Å². The van der Waals surface area contributed by atoms with Crippen LogP contribution in [-0.4, -0.2) is 30.3 Å². The SMILES string of the molecule is CCCCC(CNC(=O)OC(C)(C)C)NC1CCC(C)CC1C. The minimum atomic E-state index is -0.440. The molecule has 23 heavy (non-hydrogen) atoms. The first-order valence-corrected chi connectivity index (χ1v) is 9.44. The molecule has 1 aliphatic carbocycles. The van der Waals surface area contributed by atoms with E-state index in [0.717, 1.165) is 12.3 Å². The monoisotopic (exact) mass is 326 g/mol. The highest BCUT2D eigenvalue weighted by Gasteiger charge is 2.27. The predicted molar refractivity (Wildman–Crippen MR) is 96.7 cm³/mol. The van der Waals surface area contributed by atoms with E-state index in [4.69, 9.17) is 4.74 Å². The lowest BCUT2D eigenvalue weighted by molar-refractivity contribution is 0.0519. The molecule has 4 heteroatoms. The van der Waals surface area contributed by atoms with E-state index < -0.39 is 5.60 Å². The lowest BCUT2D eigenvalue weighted by Gasteiger charge is -2.36. The second-order valence-electron chi connectivity index (χ2n) is 8.39. The molecule has 0 radical (unpaired) electrons. The molecule has 136 valence electrons. The summed E-state index contributed by atoms with van der Waals surface area (Å²) in [5, 5.41) is 6.75. The predicted octanol–water partition coefficient (Wildman–Crippen LogP) is 4.48. The minimum absolute atomic E-state index is 0.314. The average Bonchev–Trinajstić information content (AvgIpc) is 2.42. The van der Waals surface area contributed by atoms with E-state index in [2.05, 4.69) is 31.4 Å². The third-order valence-electron chi connectivity index (χ3n) is 4.68. The molecule has 0 aromatic rings. The Bertz CT molecular complexity index is 352. The van der Waals surface area contributed by atoms with E-state index in [1.165, 1.54) is 32.1 Å². The summed E-state index contributed by atoms with van der Waals surface area (Å²) in [4.78, 5) is 11.9. The van der Waals surface area contributed by atoms with Gasteiger partial charge in [0.15, 0.2) is 0 Å². The van der Waals surface area contributed by atoms with Crippen LogP contribution in [0.4, 0.5) is 4.79 Å². The molecule has 0 aromatic carbocycles. The first-order valence-electron chi connectivity index (χ1n) is 9.44. The number of ether oxygens (including phenoxy) is 1. The molecule has 4 atom stereocenters. The van der Waals surface area contributed by atoms with Gasteiger partial charge in [-0.15, -0.1) is 0 Å². The van der Waals surface area contributed by atoms with Gasteiger partial charge in [-0.3, -0.25) is 0 Å². The maximum absolute atomic E-state index is 11.9. The standard InChI is InChI=1S/C19H38N2O2/c1-7-8-9-16(13-20-18(22)23-19(4,5)6)21-17-11-10-14(2)12-15(17)3/h14-17,21H,7-13H2,1-6H3,(H,20,22). The van der Waals surface area contributed by atoms with Gasteiger partial charge in [0, 0.05) is 18.6 Å². The topological polar surface area (TPSA) is 50.4 Å². The summed E-state index contributed by atoms with van der Waals surface area (Å²) in [6, 6.07) is 0.914. The van der Waals surface area contributed by atoms with Crippen molar-refractivity contribution in [3.8, 4) is 0 Å². The number of hydrogen-bond acceptors (Lipinski definition) is 3. The Hall–Kier alpha value is -0.770. The van der Waals surface area contributed by atoms with Gasteiger partial charge >= 0.3 is 6.09 Å². The molecular weight excluding hydrogens is 288 g/mol. The number of carbonyl (C=O) groups is 1. The molecule has 0 spiro atoms. The van der Waals surface area contributed by atoms with Gasteiger partial charge in [-0.1, -0.05) is 33.6 Å². The minimum Gasteiger partial charge on any atom is -0.444 e. The van der Waals surface area contributed by atoms with Crippen LogP contribution < -0.4 is 10.6 Å². The molecule has 0 aromatic heterocycles. The number of amides is 1. The maximum Gasteiger partial charge on any atom is 0.407 e. The smallest absolute Gasteiger partial charge is 0.407 e. The lowest BCUT2D eigenvalue weighted by atomic mass is 9.79. The third-order valence-corrected chi connectivity index (χ3v) is 4.68. The summed E-state index contributed by atoms with van der Waals surface area (Å²) >= 11 is 0. The average molecular weight is 327 g/mol. The largest absolute Gasteiger partial charge is 0.444 e. The highest BCUT2D eigenvalue weighted by Crippen LogP contribution is 2.29. The van der Waals surface area contributed by atoms with Crippen molar-refractivity contribution in [2.45, 2.75) is 97.8 Å². The van der Waals surface area contributed by atoms with Crippen LogP contribution in [0.15, 0.2) is 0 Å². The van der Waals surface area contributed by atoms with Gasteiger partial charge in [0.05, 0.1) is 0 Å². The van der Waals surface area contributed by atoms with Crippen LogP contribution in [0, 0.1) is 11.8 Å². The summed E-state index contributed by atoms with van der Waals surface area (Å²) in [5.74, 6) is 1.56. The molecule has 1 rings (SSSR count).